The molecule has 0 radical (unpaired) electrons. The van der Waals surface area contributed by atoms with E-state index in [9.17, 15) is 4.79 Å². The highest BCUT2D eigenvalue weighted by molar-refractivity contribution is 6.25. The van der Waals surface area contributed by atoms with Crippen LogP contribution in [-0.2, 0) is 9.53 Å². The fraction of sp³-hybridized carbons (Fsp3) is 0.400. The van der Waals surface area contributed by atoms with Crippen LogP contribution in [0, 0.1) is 0 Å². The SMILES string of the molecule is CC(=O)OCC=CCl. The zero-order valence-electron chi connectivity index (χ0n) is 4.56. The van der Waals surface area contributed by atoms with Gasteiger partial charge in [0.1, 0.15) is 6.61 Å². The van der Waals surface area contributed by atoms with Gasteiger partial charge in [0.2, 0.25) is 0 Å². The summed E-state index contributed by atoms with van der Waals surface area (Å²) >= 11 is 5.11. The second-order valence-electron chi connectivity index (χ2n) is 1.16. The number of esters is 1. The van der Waals surface area contributed by atoms with E-state index in [-0.39, 0.29) is 12.6 Å². The second kappa shape index (κ2) is 4.65. The Kier molecular flexibility index (Phi) is 4.36. The van der Waals surface area contributed by atoms with Crippen molar-refractivity contribution >= 4 is 17.6 Å². The van der Waals surface area contributed by atoms with Crippen LogP contribution >= 0.6 is 11.6 Å². The minimum Gasteiger partial charge on any atom is -0.462 e. The standard InChI is InChI=1S/C5H7ClO2/c1-5(7)8-4-2-3-6/h2-3H,4H2,1H3. The molecule has 0 atom stereocenters. The molecule has 0 heterocycles. The maximum absolute atomic E-state index is 10.0. The van der Waals surface area contributed by atoms with Crippen molar-refractivity contribution in [1.82, 2.24) is 0 Å². The highest BCUT2D eigenvalue weighted by Crippen LogP contribution is 1.80. The lowest BCUT2D eigenvalue weighted by molar-refractivity contribution is -0.139. The average molecular weight is 135 g/mol. The summed E-state index contributed by atoms with van der Waals surface area (Å²) in [5.74, 6) is -0.292. The van der Waals surface area contributed by atoms with Gasteiger partial charge in [0.25, 0.3) is 0 Å². The van der Waals surface area contributed by atoms with Gasteiger partial charge in [-0.05, 0) is 6.08 Å². The van der Waals surface area contributed by atoms with Crippen LogP contribution in [0.25, 0.3) is 0 Å². The molecule has 0 aliphatic heterocycles. The van der Waals surface area contributed by atoms with E-state index in [1.54, 1.807) is 6.08 Å². The first kappa shape index (κ1) is 7.50. The summed E-state index contributed by atoms with van der Waals surface area (Å²) in [5, 5.41) is 0. The molecule has 0 aromatic carbocycles. The molecule has 0 aromatic rings. The summed E-state index contributed by atoms with van der Waals surface area (Å²) in [6, 6.07) is 0. The van der Waals surface area contributed by atoms with E-state index >= 15 is 0 Å². The van der Waals surface area contributed by atoms with E-state index in [0.29, 0.717) is 0 Å². The van der Waals surface area contributed by atoms with E-state index in [1.807, 2.05) is 0 Å². The van der Waals surface area contributed by atoms with Crippen LogP contribution in [-0.4, -0.2) is 12.6 Å². The number of ether oxygens (including phenoxy) is 1. The zero-order valence-corrected chi connectivity index (χ0v) is 5.31. The molecule has 0 bridgehead atoms. The Hall–Kier alpha value is -0.500. The molecule has 0 spiro atoms. The van der Waals surface area contributed by atoms with Crippen LogP contribution in [0.5, 0.6) is 0 Å². The summed E-state index contributed by atoms with van der Waals surface area (Å²) < 4.78 is 4.47. The molecule has 0 saturated heterocycles. The fourth-order valence-electron chi connectivity index (χ4n) is 0.202. The largest absolute Gasteiger partial charge is 0.462 e. The number of carbonyl (C=O) groups excluding carboxylic acids is 1. The van der Waals surface area contributed by atoms with Crippen molar-refractivity contribution in [2.45, 2.75) is 6.92 Å². The maximum atomic E-state index is 10.0. The highest BCUT2D eigenvalue weighted by atomic mass is 35.5. The first-order valence-corrected chi connectivity index (χ1v) is 2.59. The zero-order chi connectivity index (χ0) is 6.41. The van der Waals surface area contributed by atoms with Gasteiger partial charge in [0, 0.05) is 12.5 Å². The Morgan fingerprint density at radius 2 is 2.50 bits per heavy atom. The van der Waals surface area contributed by atoms with Crippen molar-refractivity contribution in [1.29, 1.82) is 0 Å². The van der Waals surface area contributed by atoms with E-state index in [4.69, 9.17) is 11.6 Å². The lowest BCUT2D eigenvalue weighted by Gasteiger charge is -1.91. The monoisotopic (exact) mass is 134 g/mol. The van der Waals surface area contributed by atoms with Crippen molar-refractivity contribution in [3.8, 4) is 0 Å². The molecule has 0 unspecified atom stereocenters. The number of halogens is 1. The molecule has 0 fully saturated rings. The van der Waals surface area contributed by atoms with Gasteiger partial charge in [-0.2, -0.15) is 0 Å². The van der Waals surface area contributed by atoms with Gasteiger partial charge in [-0.15, -0.1) is 0 Å². The molecule has 0 rings (SSSR count). The Morgan fingerprint density at radius 1 is 1.88 bits per heavy atom. The predicted molar refractivity (Wildman–Crippen MR) is 31.6 cm³/mol. The molecule has 0 amide bonds. The summed E-state index contributed by atoms with van der Waals surface area (Å²) in [4.78, 5) is 10.0. The van der Waals surface area contributed by atoms with Gasteiger partial charge >= 0.3 is 5.97 Å². The molecule has 8 heavy (non-hydrogen) atoms. The van der Waals surface area contributed by atoms with Crippen LogP contribution in [0.4, 0.5) is 0 Å². The third-order valence-corrected chi connectivity index (χ3v) is 0.650. The second-order valence-corrected chi connectivity index (χ2v) is 1.42. The third-order valence-electron chi connectivity index (χ3n) is 0.472. The topological polar surface area (TPSA) is 26.3 Å². The van der Waals surface area contributed by atoms with Gasteiger partial charge in [0.15, 0.2) is 0 Å². The minimum absolute atomic E-state index is 0.263. The maximum Gasteiger partial charge on any atom is 0.302 e. The molecule has 46 valence electrons. The first-order chi connectivity index (χ1) is 3.77. The molecule has 0 aliphatic rings. The van der Waals surface area contributed by atoms with Crippen molar-refractivity contribution in [2.75, 3.05) is 6.61 Å². The van der Waals surface area contributed by atoms with Crippen LogP contribution < -0.4 is 0 Å². The van der Waals surface area contributed by atoms with E-state index < -0.39 is 0 Å². The minimum atomic E-state index is -0.292. The Bertz CT molecular complexity index is 98.6. The van der Waals surface area contributed by atoms with Crippen LogP contribution in [0.2, 0.25) is 0 Å². The smallest absolute Gasteiger partial charge is 0.302 e. The van der Waals surface area contributed by atoms with Crippen LogP contribution in [0.1, 0.15) is 6.92 Å². The number of hydrogen-bond acceptors (Lipinski definition) is 2. The summed E-state index contributed by atoms with van der Waals surface area (Å²) in [6.45, 7) is 1.61. The van der Waals surface area contributed by atoms with E-state index in [1.165, 1.54) is 12.5 Å². The van der Waals surface area contributed by atoms with Crippen molar-refractivity contribution in [3.05, 3.63) is 11.6 Å². The average Bonchev–Trinajstić information content (AvgIpc) is 1.66. The molecule has 2 nitrogen and oxygen atoms in total. The lowest BCUT2D eigenvalue weighted by atomic mass is 10.7. The van der Waals surface area contributed by atoms with Gasteiger partial charge in [-0.25, -0.2) is 0 Å². The molecule has 0 aromatic heterocycles. The fourth-order valence-corrected chi connectivity index (χ4v) is 0.275. The molecule has 0 aliphatic carbocycles. The third kappa shape index (κ3) is 5.50. The highest BCUT2D eigenvalue weighted by Gasteiger charge is 1.84. The molecule has 0 N–H and O–H groups in total. The number of rotatable bonds is 2. The van der Waals surface area contributed by atoms with Gasteiger partial charge in [-0.3, -0.25) is 4.79 Å². The molecule has 3 heteroatoms. The Balaban J connectivity index is 3.05. The molecular weight excluding hydrogens is 128 g/mol. The number of hydrogen-bond donors (Lipinski definition) is 0. The van der Waals surface area contributed by atoms with Crippen molar-refractivity contribution in [2.24, 2.45) is 0 Å². The summed E-state index contributed by atoms with van der Waals surface area (Å²) in [6.07, 6.45) is 1.54. The lowest BCUT2D eigenvalue weighted by Crippen LogP contribution is -1.96. The predicted octanol–water partition coefficient (Wildman–Crippen LogP) is 1.30. The van der Waals surface area contributed by atoms with E-state index in [2.05, 4.69) is 4.74 Å². The summed E-state index contributed by atoms with van der Waals surface area (Å²) in [5.41, 5.74) is 1.31. The Labute approximate surface area is 53.1 Å². The van der Waals surface area contributed by atoms with Crippen LogP contribution in [0.15, 0.2) is 11.6 Å². The molecular formula is C5H7ClO2. The van der Waals surface area contributed by atoms with Crippen molar-refractivity contribution in [3.63, 3.8) is 0 Å². The van der Waals surface area contributed by atoms with Crippen LogP contribution in [0.3, 0.4) is 0 Å². The van der Waals surface area contributed by atoms with Gasteiger partial charge in [-0.1, -0.05) is 11.6 Å². The van der Waals surface area contributed by atoms with E-state index in [0.717, 1.165) is 0 Å². The molecule has 0 saturated carbocycles. The Morgan fingerprint density at radius 3 is 2.88 bits per heavy atom. The van der Waals surface area contributed by atoms with Crippen molar-refractivity contribution < 1.29 is 9.53 Å². The van der Waals surface area contributed by atoms with Gasteiger partial charge in [0.05, 0.1) is 0 Å². The normalized spacial score (nSPS) is 9.75. The number of carbonyl (C=O) groups is 1. The quantitative estimate of drug-likeness (QED) is 0.533. The first-order valence-electron chi connectivity index (χ1n) is 2.16. The summed E-state index contributed by atoms with van der Waals surface area (Å²) in [7, 11) is 0. The van der Waals surface area contributed by atoms with Gasteiger partial charge < -0.3 is 4.74 Å².